The second-order valence-corrected chi connectivity index (χ2v) is 9.37. The molecule has 2 saturated heterocycles. The first-order chi connectivity index (χ1) is 15.0. The molecule has 1 unspecified atom stereocenters. The molecule has 3 heterocycles. The second-order valence-electron chi connectivity index (χ2n) is 9.37. The molecule has 0 saturated carbocycles. The van der Waals surface area contributed by atoms with Gasteiger partial charge in [-0.1, -0.05) is 30.3 Å². The Bertz CT molecular complexity index is 892. The lowest BCUT2D eigenvalue weighted by molar-refractivity contribution is -0.136. The Kier molecular flexibility index (Phi) is 7.03. The topological polar surface area (TPSA) is 54.5 Å². The van der Waals surface area contributed by atoms with E-state index in [-0.39, 0.29) is 5.91 Å². The first-order valence-electron chi connectivity index (χ1n) is 11.6. The molecule has 31 heavy (non-hydrogen) atoms. The van der Waals surface area contributed by atoms with E-state index in [9.17, 15) is 4.79 Å². The Balaban J connectivity index is 1.48. The lowest BCUT2D eigenvalue weighted by Crippen LogP contribution is -2.46. The van der Waals surface area contributed by atoms with Crippen LogP contribution < -0.4 is 5.32 Å². The van der Waals surface area contributed by atoms with Crippen LogP contribution in [-0.4, -0.2) is 49.1 Å². The molecule has 0 spiro atoms. The third kappa shape index (κ3) is 5.52. The Morgan fingerprint density at radius 1 is 1.23 bits per heavy atom. The van der Waals surface area contributed by atoms with Crippen LogP contribution in [0, 0.1) is 12.3 Å². The molecule has 0 aliphatic carbocycles. The lowest BCUT2D eigenvalue weighted by Gasteiger charge is -2.36. The number of ether oxygens (including phenoxy) is 1. The van der Waals surface area contributed by atoms with Crippen molar-refractivity contribution in [3.8, 4) is 0 Å². The molecule has 2 aromatic rings. The fraction of sp³-hybridized carbons (Fsp3) is 0.538. The molecule has 1 aromatic heterocycles. The van der Waals surface area contributed by atoms with Gasteiger partial charge < -0.3 is 15.0 Å². The Labute approximate surface area is 186 Å². The largest absolute Gasteiger partial charge is 0.381 e. The monoisotopic (exact) mass is 421 g/mol. The molecule has 1 N–H and O–H groups in total. The highest BCUT2D eigenvalue weighted by atomic mass is 16.5. The van der Waals surface area contributed by atoms with Gasteiger partial charge in [-0.15, -0.1) is 0 Å². The van der Waals surface area contributed by atoms with Crippen LogP contribution in [0.5, 0.6) is 0 Å². The Morgan fingerprint density at radius 3 is 2.81 bits per heavy atom. The number of carbonyl (C=O) groups is 1. The van der Waals surface area contributed by atoms with E-state index in [0.717, 1.165) is 37.2 Å². The number of rotatable bonds is 6. The number of carbonyl (C=O) groups excluding carboxylic acids is 1. The Hall–Kier alpha value is -2.24. The molecule has 1 atom stereocenters. The average molecular weight is 422 g/mol. The number of pyridine rings is 1. The highest BCUT2D eigenvalue weighted by molar-refractivity contribution is 5.83. The number of benzene rings is 1. The average Bonchev–Trinajstić information content (AvgIpc) is 2.78. The van der Waals surface area contributed by atoms with Gasteiger partial charge in [-0.2, -0.15) is 0 Å². The summed E-state index contributed by atoms with van der Waals surface area (Å²) < 4.78 is 5.62. The summed E-state index contributed by atoms with van der Waals surface area (Å²) in [6.45, 7) is 6.04. The van der Waals surface area contributed by atoms with E-state index in [4.69, 9.17) is 4.74 Å². The van der Waals surface area contributed by atoms with Crippen LogP contribution in [0.4, 0.5) is 0 Å². The fourth-order valence-corrected chi connectivity index (χ4v) is 5.09. The normalized spacial score (nSPS) is 21.5. The molecule has 0 bridgehead atoms. The fourth-order valence-electron chi connectivity index (χ4n) is 5.09. The molecular formula is C26H35N3O2. The molecule has 0 radical (unpaired) electrons. The van der Waals surface area contributed by atoms with Gasteiger partial charge in [0.2, 0.25) is 5.91 Å². The number of likely N-dealkylation sites (N-methyl/N-ethyl adjacent to an activating group) is 1. The van der Waals surface area contributed by atoms with Crippen molar-refractivity contribution in [3.05, 3.63) is 65.0 Å². The zero-order valence-electron chi connectivity index (χ0n) is 18.9. The molecule has 2 aliphatic heterocycles. The minimum Gasteiger partial charge on any atom is -0.381 e. The van der Waals surface area contributed by atoms with Crippen molar-refractivity contribution in [1.82, 2.24) is 15.2 Å². The van der Waals surface area contributed by atoms with Crippen LogP contribution in [-0.2, 0) is 22.5 Å². The number of nitrogens with zero attached hydrogens (tertiary/aromatic N) is 2. The van der Waals surface area contributed by atoms with Gasteiger partial charge >= 0.3 is 0 Å². The smallest absolute Gasteiger partial charge is 0.227 e. The number of likely N-dealkylation sites (tertiary alicyclic amines) is 1. The molecule has 5 heteroatoms. The standard InChI is InChI=1S/C26H35N3O2/c1-20-6-3-10-24(28-20)18-27-25(30)26(11-14-31-15-12-26)17-21-7-4-8-22(16-21)23-9-5-13-29(2)19-23/h3-4,6-8,10,16,23H,5,9,11-15,17-19H2,1-2H3,(H,27,30). The summed E-state index contributed by atoms with van der Waals surface area (Å²) >= 11 is 0. The quantitative estimate of drug-likeness (QED) is 0.770. The number of hydrogen-bond donors (Lipinski definition) is 1. The molecule has 166 valence electrons. The van der Waals surface area contributed by atoms with Gasteiger partial charge in [0.05, 0.1) is 17.7 Å². The number of piperidine rings is 1. The highest BCUT2D eigenvalue weighted by Gasteiger charge is 2.40. The predicted octanol–water partition coefficient (Wildman–Crippen LogP) is 3.85. The number of hydrogen-bond acceptors (Lipinski definition) is 4. The van der Waals surface area contributed by atoms with Crippen LogP contribution in [0.25, 0.3) is 0 Å². The number of aryl methyl sites for hydroxylation is 1. The van der Waals surface area contributed by atoms with Crippen molar-refractivity contribution in [1.29, 1.82) is 0 Å². The second kappa shape index (κ2) is 9.92. The summed E-state index contributed by atoms with van der Waals surface area (Å²) in [5, 5.41) is 3.18. The van der Waals surface area contributed by atoms with E-state index >= 15 is 0 Å². The van der Waals surface area contributed by atoms with Gasteiger partial charge in [-0.05, 0) is 81.8 Å². The zero-order chi connectivity index (χ0) is 21.7. The van der Waals surface area contributed by atoms with E-state index in [2.05, 4.69) is 46.5 Å². The van der Waals surface area contributed by atoms with Crippen molar-refractivity contribution in [3.63, 3.8) is 0 Å². The van der Waals surface area contributed by atoms with Crippen molar-refractivity contribution in [2.24, 2.45) is 5.41 Å². The molecular weight excluding hydrogens is 386 g/mol. The third-order valence-corrected chi connectivity index (χ3v) is 6.90. The third-order valence-electron chi connectivity index (χ3n) is 6.90. The van der Waals surface area contributed by atoms with Crippen LogP contribution >= 0.6 is 0 Å². The van der Waals surface area contributed by atoms with Crippen molar-refractivity contribution in [2.45, 2.75) is 51.5 Å². The van der Waals surface area contributed by atoms with Gasteiger partial charge in [-0.3, -0.25) is 9.78 Å². The molecule has 2 fully saturated rings. The maximum absolute atomic E-state index is 13.4. The van der Waals surface area contributed by atoms with Crippen molar-refractivity contribution < 1.29 is 9.53 Å². The molecule has 5 nitrogen and oxygen atoms in total. The van der Waals surface area contributed by atoms with Gasteiger partial charge in [-0.25, -0.2) is 0 Å². The van der Waals surface area contributed by atoms with Gasteiger partial charge in [0.15, 0.2) is 0 Å². The van der Waals surface area contributed by atoms with Crippen LogP contribution in [0.3, 0.4) is 0 Å². The lowest BCUT2D eigenvalue weighted by atomic mass is 9.74. The van der Waals surface area contributed by atoms with Gasteiger partial charge in [0, 0.05) is 25.5 Å². The maximum Gasteiger partial charge on any atom is 0.227 e. The molecule has 1 amide bonds. The van der Waals surface area contributed by atoms with E-state index in [1.165, 1.54) is 30.5 Å². The van der Waals surface area contributed by atoms with E-state index in [0.29, 0.717) is 25.7 Å². The summed E-state index contributed by atoms with van der Waals surface area (Å²) in [4.78, 5) is 20.4. The molecule has 4 rings (SSSR count). The first-order valence-corrected chi connectivity index (χ1v) is 11.6. The van der Waals surface area contributed by atoms with Gasteiger partial charge in [0.25, 0.3) is 0 Å². The maximum atomic E-state index is 13.4. The molecule has 2 aliphatic rings. The summed E-state index contributed by atoms with van der Waals surface area (Å²) in [5.41, 5.74) is 4.13. The van der Waals surface area contributed by atoms with Gasteiger partial charge in [0.1, 0.15) is 0 Å². The van der Waals surface area contributed by atoms with Crippen LogP contribution in [0.2, 0.25) is 0 Å². The van der Waals surface area contributed by atoms with E-state index in [1.54, 1.807) is 0 Å². The minimum absolute atomic E-state index is 0.127. The van der Waals surface area contributed by atoms with E-state index in [1.807, 2.05) is 25.1 Å². The highest BCUT2D eigenvalue weighted by Crippen LogP contribution is 2.36. The van der Waals surface area contributed by atoms with E-state index < -0.39 is 5.41 Å². The molecule has 1 aromatic carbocycles. The summed E-state index contributed by atoms with van der Waals surface area (Å²) in [5.74, 6) is 0.715. The van der Waals surface area contributed by atoms with Crippen molar-refractivity contribution >= 4 is 5.91 Å². The zero-order valence-corrected chi connectivity index (χ0v) is 18.9. The summed E-state index contributed by atoms with van der Waals surface area (Å²) in [6.07, 6.45) is 4.78. The number of aromatic nitrogens is 1. The minimum atomic E-state index is -0.413. The van der Waals surface area contributed by atoms with Crippen LogP contribution in [0.15, 0.2) is 42.5 Å². The Morgan fingerprint density at radius 2 is 2.03 bits per heavy atom. The first kappa shape index (κ1) is 22.0. The SMILES string of the molecule is Cc1cccc(CNC(=O)C2(Cc3cccc(C4CCCN(C)C4)c3)CCOCC2)n1. The predicted molar refractivity (Wildman–Crippen MR) is 123 cm³/mol. The summed E-state index contributed by atoms with van der Waals surface area (Å²) in [7, 11) is 2.21. The van der Waals surface area contributed by atoms with Crippen molar-refractivity contribution in [2.75, 3.05) is 33.4 Å². The number of nitrogens with one attached hydrogen (secondary N) is 1. The summed E-state index contributed by atoms with van der Waals surface area (Å²) in [6, 6.07) is 14.9. The van der Waals surface area contributed by atoms with Crippen LogP contribution in [0.1, 0.15) is 54.1 Å². The number of amides is 1.